The van der Waals surface area contributed by atoms with E-state index >= 15 is 0 Å². The van der Waals surface area contributed by atoms with Crippen LogP contribution in [0.25, 0.3) is 0 Å². The Morgan fingerprint density at radius 2 is 1.59 bits per heavy atom. The molecule has 2 aromatic carbocycles. The van der Waals surface area contributed by atoms with Gasteiger partial charge in [-0.3, -0.25) is 9.59 Å². The Morgan fingerprint density at radius 3 is 2.15 bits per heavy atom. The standard InChI is InChI=1S/C19H21N3O4S/c1-15(23)20-16-7-9-19(10-8-16)27(25,26)22(17-5-3-2-4-6-17)21-13-11-18(24)12-14-21/h2-10H,11-14H2,1H3,(H,20,23). The molecule has 0 atom stereocenters. The number of benzene rings is 2. The third-order valence-corrected chi connectivity index (χ3v) is 6.00. The molecule has 1 heterocycles. The molecular weight excluding hydrogens is 366 g/mol. The number of ketones is 1. The van der Waals surface area contributed by atoms with Crippen LogP contribution in [-0.2, 0) is 19.6 Å². The lowest BCUT2D eigenvalue weighted by molar-refractivity contribution is -0.121. The molecule has 1 amide bonds. The number of nitrogens with zero attached hydrogens (tertiary/aromatic N) is 2. The Morgan fingerprint density at radius 1 is 1.00 bits per heavy atom. The first-order chi connectivity index (χ1) is 12.9. The van der Waals surface area contributed by atoms with Gasteiger partial charge in [-0.25, -0.2) is 5.01 Å². The molecule has 1 fully saturated rings. The molecule has 0 spiro atoms. The van der Waals surface area contributed by atoms with Gasteiger partial charge in [0.05, 0.1) is 10.6 Å². The summed E-state index contributed by atoms with van der Waals surface area (Å²) in [6, 6.07) is 14.8. The smallest absolute Gasteiger partial charge is 0.277 e. The van der Waals surface area contributed by atoms with E-state index in [1.807, 2.05) is 6.07 Å². The molecule has 7 nitrogen and oxygen atoms in total. The second kappa shape index (κ2) is 7.89. The fourth-order valence-electron chi connectivity index (χ4n) is 2.95. The lowest BCUT2D eigenvalue weighted by Crippen LogP contribution is -2.50. The number of rotatable bonds is 5. The van der Waals surface area contributed by atoms with Crippen LogP contribution >= 0.6 is 0 Å². The van der Waals surface area contributed by atoms with E-state index in [0.717, 1.165) is 0 Å². The summed E-state index contributed by atoms with van der Waals surface area (Å²) >= 11 is 0. The van der Waals surface area contributed by atoms with Crippen molar-refractivity contribution in [3.05, 3.63) is 54.6 Å². The summed E-state index contributed by atoms with van der Waals surface area (Å²) in [7, 11) is -3.88. The van der Waals surface area contributed by atoms with Crippen molar-refractivity contribution < 1.29 is 18.0 Å². The number of nitrogens with one attached hydrogen (secondary N) is 1. The second-order valence-electron chi connectivity index (χ2n) is 6.28. The normalized spacial score (nSPS) is 15.4. The summed E-state index contributed by atoms with van der Waals surface area (Å²) in [6.07, 6.45) is 0.640. The van der Waals surface area contributed by atoms with Crippen LogP contribution < -0.4 is 9.73 Å². The number of hydrazine groups is 1. The molecule has 1 saturated heterocycles. The molecule has 3 rings (SSSR count). The van der Waals surface area contributed by atoms with E-state index in [1.54, 1.807) is 41.4 Å². The molecule has 0 aromatic heterocycles. The van der Waals surface area contributed by atoms with Crippen LogP contribution in [0.1, 0.15) is 19.8 Å². The van der Waals surface area contributed by atoms with Crippen LogP contribution in [0.15, 0.2) is 59.5 Å². The molecule has 2 aromatic rings. The highest BCUT2D eigenvalue weighted by Crippen LogP contribution is 2.28. The molecule has 0 unspecified atom stereocenters. The molecule has 0 saturated carbocycles. The Bertz CT molecular complexity index is 917. The maximum Gasteiger partial charge on any atom is 0.277 e. The van der Waals surface area contributed by atoms with Crippen LogP contribution in [0.2, 0.25) is 0 Å². The summed E-state index contributed by atoms with van der Waals surface area (Å²) < 4.78 is 28.0. The van der Waals surface area contributed by atoms with E-state index in [2.05, 4.69) is 5.32 Å². The number of hydrogen-bond acceptors (Lipinski definition) is 5. The minimum Gasteiger partial charge on any atom is -0.326 e. The zero-order chi connectivity index (χ0) is 19.4. The van der Waals surface area contributed by atoms with Crippen molar-refractivity contribution in [1.29, 1.82) is 0 Å². The van der Waals surface area contributed by atoms with Gasteiger partial charge in [0.1, 0.15) is 5.78 Å². The highest BCUT2D eigenvalue weighted by atomic mass is 32.2. The molecule has 8 heteroatoms. The van der Waals surface area contributed by atoms with Gasteiger partial charge in [0, 0.05) is 38.5 Å². The molecule has 1 N–H and O–H groups in total. The van der Waals surface area contributed by atoms with Crippen LogP contribution in [0.4, 0.5) is 11.4 Å². The van der Waals surface area contributed by atoms with Crippen LogP contribution in [0, 0.1) is 0 Å². The number of sulfonamides is 1. The number of carbonyl (C=O) groups excluding carboxylic acids is 2. The lowest BCUT2D eigenvalue weighted by atomic mass is 10.1. The van der Waals surface area contributed by atoms with Gasteiger partial charge in [-0.1, -0.05) is 18.2 Å². The van der Waals surface area contributed by atoms with Gasteiger partial charge >= 0.3 is 0 Å². The Hall–Kier alpha value is -2.71. The van der Waals surface area contributed by atoms with Crippen molar-refractivity contribution >= 4 is 33.1 Å². The highest BCUT2D eigenvalue weighted by Gasteiger charge is 2.32. The number of carbonyl (C=O) groups is 2. The van der Waals surface area contributed by atoms with Crippen molar-refractivity contribution in [1.82, 2.24) is 5.01 Å². The molecule has 0 bridgehead atoms. The van der Waals surface area contributed by atoms with E-state index in [0.29, 0.717) is 37.3 Å². The second-order valence-corrected chi connectivity index (χ2v) is 8.05. The van der Waals surface area contributed by atoms with Crippen molar-refractivity contribution in [2.45, 2.75) is 24.7 Å². The average molecular weight is 387 g/mol. The average Bonchev–Trinajstić information content (AvgIpc) is 2.64. The van der Waals surface area contributed by atoms with Crippen molar-refractivity contribution in [3.8, 4) is 0 Å². The first kappa shape index (κ1) is 19.1. The number of para-hydroxylation sites is 1. The molecule has 1 aliphatic heterocycles. The van der Waals surface area contributed by atoms with Gasteiger partial charge in [0.25, 0.3) is 10.0 Å². The largest absolute Gasteiger partial charge is 0.326 e. The van der Waals surface area contributed by atoms with Gasteiger partial charge in [-0.05, 0) is 36.4 Å². The first-order valence-corrected chi connectivity index (χ1v) is 10.1. The molecular formula is C19H21N3O4S. The summed E-state index contributed by atoms with van der Waals surface area (Å²) in [5.41, 5.74) is 1.04. The van der Waals surface area contributed by atoms with E-state index in [1.165, 1.54) is 23.5 Å². The Labute approximate surface area is 158 Å². The summed E-state index contributed by atoms with van der Waals surface area (Å²) in [6.45, 7) is 2.08. The van der Waals surface area contributed by atoms with Crippen molar-refractivity contribution in [2.24, 2.45) is 0 Å². The molecule has 0 radical (unpaired) electrons. The molecule has 142 valence electrons. The molecule has 27 heavy (non-hydrogen) atoms. The minimum atomic E-state index is -3.88. The highest BCUT2D eigenvalue weighted by molar-refractivity contribution is 7.92. The minimum absolute atomic E-state index is 0.109. The topological polar surface area (TPSA) is 86.8 Å². The van der Waals surface area contributed by atoms with Crippen molar-refractivity contribution in [3.63, 3.8) is 0 Å². The maximum absolute atomic E-state index is 13.4. The number of amides is 1. The third kappa shape index (κ3) is 4.35. The zero-order valence-electron chi connectivity index (χ0n) is 15.0. The van der Waals surface area contributed by atoms with E-state index in [9.17, 15) is 18.0 Å². The predicted octanol–water partition coefficient (Wildman–Crippen LogP) is 2.42. The molecule has 1 aliphatic rings. The zero-order valence-corrected chi connectivity index (χ0v) is 15.8. The van der Waals surface area contributed by atoms with Gasteiger partial charge in [0.15, 0.2) is 0 Å². The lowest BCUT2D eigenvalue weighted by Gasteiger charge is -2.37. The number of piperidine rings is 1. The predicted molar refractivity (Wildman–Crippen MR) is 103 cm³/mol. The fraction of sp³-hybridized carbons (Fsp3) is 0.263. The maximum atomic E-state index is 13.4. The van der Waals surface area contributed by atoms with E-state index in [4.69, 9.17) is 0 Å². The van der Waals surface area contributed by atoms with Crippen LogP contribution in [-0.4, -0.2) is 38.2 Å². The van der Waals surface area contributed by atoms with Gasteiger partial charge in [-0.15, -0.1) is 0 Å². The summed E-state index contributed by atoms with van der Waals surface area (Å²) in [5, 5.41) is 4.31. The SMILES string of the molecule is CC(=O)Nc1ccc(S(=O)(=O)N(c2ccccc2)N2CCC(=O)CC2)cc1. The van der Waals surface area contributed by atoms with Gasteiger partial charge in [0.2, 0.25) is 5.91 Å². The summed E-state index contributed by atoms with van der Waals surface area (Å²) in [5.74, 6) is -0.0918. The number of hydrogen-bond donors (Lipinski definition) is 1. The van der Waals surface area contributed by atoms with E-state index < -0.39 is 10.0 Å². The van der Waals surface area contributed by atoms with Crippen LogP contribution in [0.5, 0.6) is 0 Å². The fourth-order valence-corrected chi connectivity index (χ4v) is 4.50. The quantitative estimate of drug-likeness (QED) is 0.851. The Kier molecular flexibility index (Phi) is 5.57. The first-order valence-electron chi connectivity index (χ1n) is 8.62. The number of Topliss-reactive ketones (excluding diaryl/α,β-unsaturated/α-hetero) is 1. The van der Waals surface area contributed by atoms with Crippen molar-refractivity contribution in [2.75, 3.05) is 22.8 Å². The van der Waals surface area contributed by atoms with Crippen LogP contribution in [0.3, 0.4) is 0 Å². The summed E-state index contributed by atoms with van der Waals surface area (Å²) in [4.78, 5) is 22.8. The van der Waals surface area contributed by atoms with Gasteiger partial charge in [-0.2, -0.15) is 12.8 Å². The van der Waals surface area contributed by atoms with E-state index in [-0.39, 0.29) is 16.6 Å². The number of anilines is 2. The monoisotopic (exact) mass is 387 g/mol. The molecule has 0 aliphatic carbocycles. The Balaban J connectivity index is 1.97. The third-order valence-electron chi connectivity index (χ3n) is 4.23. The van der Waals surface area contributed by atoms with Gasteiger partial charge < -0.3 is 5.32 Å².